The molecule has 2 aromatic rings. The molecule has 0 aliphatic heterocycles. The third-order valence-electron chi connectivity index (χ3n) is 2.42. The highest BCUT2D eigenvalue weighted by atomic mass is 16.5. The summed E-state index contributed by atoms with van der Waals surface area (Å²) in [7, 11) is 0. The zero-order chi connectivity index (χ0) is 11.4. The largest absolute Gasteiger partial charge is 0.351 e. The monoisotopic (exact) mass is 220 g/mol. The normalized spacial score (nSPS) is 10.9. The van der Waals surface area contributed by atoms with Crippen LogP contribution in [0.5, 0.6) is 0 Å². The van der Waals surface area contributed by atoms with Gasteiger partial charge in [0.15, 0.2) is 5.82 Å². The Morgan fingerprint density at radius 2 is 2.31 bits per heavy atom. The minimum absolute atomic E-state index is 0.605. The van der Waals surface area contributed by atoms with Gasteiger partial charge in [-0.25, -0.2) is 0 Å². The minimum atomic E-state index is 0.605. The molecule has 0 aliphatic carbocycles. The number of hydrogen-bond acceptors (Lipinski definition) is 4. The minimum Gasteiger partial charge on any atom is -0.351 e. The Morgan fingerprint density at radius 1 is 1.44 bits per heavy atom. The van der Waals surface area contributed by atoms with Gasteiger partial charge in [-0.2, -0.15) is 4.98 Å². The summed E-state index contributed by atoms with van der Waals surface area (Å²) < 4.78 is 7.09. The van der Waals surface area contributed by atoms with Gasteiger partial charge in [0.1, 0.15) is 0 Å². The molecule has 0 radical (unpaired) electrons. The third kappa shape index (κ3) is 2.49. The van der Waals surface area contributed by atoms with Gasteiger partial charge in [-0.1, -0.05) is 5.16 Å². The Morgan fingerprint density at radius 3 is 3.00 bits per heavy atom. The Balaban J connectivity index is 1.84. The summed E-state index contributed by atoms with van der Waals surface area (Å²) in [6, 6.07) is 4.16. The lowest BCUT2D eigenvalue weighted by Crippen LogP contribution is -2.16. The summed E-state index contributed by atoms with van der Waals surface area (Å²) in [5.41, 5.74) is 1.27. The molecule has 0 saturated heterocycles. The Hall–Kier alpha value is -1.62. The van der Waals surface area contributed by atoms with Crippen LogP contribution in [0.1, 0.15) is 24.3 Å². The van der Waals surface area contributed by atoms with E-state index in [9.17, 15) is 0 Å². The van der Waals surface area contributed by atoms with Gasteiger partial charge in [-0.3, -0.25) is 0 Å². The van der Waals surface area contributed by atoms with Gasteiger partial charge in [0.25, 0.3) is 0 Å². The number of hydrogen-bond donors (Lipinski definition) is 1. The second kappa shape index (κ2) is 4.94. The first-order valence-electron chi connectivity index (χ1n) is 5.43. The first kappa shape index (κ1) is 10.9. The van der Waals surface area contributed by atoms with Crippen LogP contribution in [0.4, 0.5) is 0 Å². The van der Waals surface area contributed by atoms with Crippen molar-refractivity contribution in [1.29, 1.82) is 0 Å². The maximum atomic E-state index is 4.89. The zero-order valence-corrected chi connectivity index (χ0v) is 9.60. The van der Waals surface area contributed by atoms with Crippen LogP contribution in [0, 0.1) is 6.92 Å². The molecule has 2 aromatic heterocycles. The highest BCUT2D eigenvalue weighted by Crippen LogP contribution is 2.02. The van der Waals surface area contributed by atoms with E-state index in [-0.39, 0.29) is 0 Å². The van der Waals surface area contributed by atoms with Gasteiger partial charge in [-0.05, 0) is 19.1 Å². The van der Waals surface area contributed by atoms with E-state index in [1.807, 2.05) is 0 Å². The van der Waals surface area contributed by atoms with Crippen LogP contribution in [-0.4, -0.2) is 14.7 Å². The molecule has 0 fully saturated rings. The summed E-state index contributed by atoms with van der Waals surface area (Å²) in [6.07, 6.45) is 2.08. The molecule has 0 spiro atoms. The Bertz CT molecular complexity index is 446. The number of rotatable bonds is 5. The number of aromatic nitrogens is 3. The van der Waals surface area contributed by atoms with E-state index in [0.717, 1.165) is 13.1 Å². The van der Waals surface area contributed by atoms with Crippen molar-refractivity contribution in [3.8, 4) is 0 Å². The highest BCUT2D eigenvalue weighted by molar-refractivity contribution is 5.06. The van der Waals surface area contributed by atoms with Crippen LogP contribution in [0.15, 0.2) is 22.9 Å². The predicted octanol–water partition coefficient (Wildman–Crippen LogP) is 1.49. The topological polar surface area (TPSA) is 55.9 Å². The second-order valence-corrected chi connectivity index (χ2v) is 3.62. The maximum Gasteiger partial charge on any atom is 0.223 e. The smallest absolute Gasteiger partial charge is 0.223 e. The fraction of sp³-hybridized carbons (Fsp3) is 0.455. The fourth-order valence-electron chi connectivity index (χ4n) is 1.63. The Kier molecular flexibility index (Phi) is 3.36. The van der Waals surface area contributed by atoms with Crippen LogP contribution in [0.2, 0.25) is 0 Å². The second-order valence-electron chi connectivity index (χ2n) is 3.62. The summed E-state index contributed by atoms with van der Waals surface area (Å²) in [5, 5.41) is 7.11. The average Bonchev–Trinajstić information content (AvgIpc) is 2.87. The SMILES string of the molecule is CCn1cccc1CNCc1noc(C)n1. The molecule has 0 atom stereocenters. The van der Waals surface area contributed by atoms with E-state index in [1.54, 1.807) is 6.92 Å². The summed E-state index contributed by atoms with van der Waals surface area (Å²) in [5.74, 6) is 1.31. The van der Waals surface area contributed by atoms with Gasteiger partial charge in [0.05, 0.1) is 6.54 Å². The van der Waals surface area contributed by atoms with Crippen molar-refractivity contribution in [3.63, 3.8) is 0 Å². The summed E-state index contributed by atoms with van der Waals surface area (Å²) in [4.78, 5) is 4.13. The van der Waals surface area contributed by atoms with Crippen molar-refractivity contribution in [2.45, 2.75) is 33.5 Å². The van der Waals surface area contributed by atoms with E-state index in [2.05, 4.69) is 45.3 Å². The summed E-state index contributed by atoms with van der Waals surface area (Å²) in [6.45, 7) is 6.36. The number of nitrogens with one attached hydrogen (secondary N) is 1. The first-order valence-corrected chi connectivity index (χ1v) is 5.43. The zero-order valence-electron chi connectivity index (χ0n) is 9.60. The van der Waals surface area contributed by atoms with Gasteiger partial charge >= 0.3 is 0 Å². The van der Waals surface area contributed by atoms with Crippen LogP contribution in [0.25, 0.3) is 0 Å². The molecule has 86 valence electrons. The van der Waals surface area contributed by atoms with Gasteiger partial charge in [-0.15, -0.1) is 0 Å². The molecule has 16 heavy (non-hydrogen) atoms. The van der Waals surface area contributed by atoms with Crippen molar-refractivity contribution in [3.05, 3.63) is 35.7 Å². The Labute approximate surface area is 94.5 Å². The molecular weight excluding hydrogens is 204 g/mol. The molecule has 0 aliphatic rings. The predicted molar refractivity (Wildman–Crippen MR) is 59.7 cm³/mol. The molecule has 5 heteroatoms. The molecule has 0 bridgehead atoms. The van der Waals surface area contributed by atoms with Crippen LogP contribution in [-0.2, 0) is 19.6 Å². The average molecular weight is 220 g/mol. The van der Waals surface area contributed by atoms with Crippen LogP contribution in [0.3, 0.4) is 0 Å². The molecule has 2 heterocycles. The number of nitrogens with zero attached hydrogens (tertiary/aromatic N) is 3. The van der Waals surface area contributed by atoms with Crippen molar-refractivity contribution in [1.82, 2.24) is 20.0 Å². The highest BCUT2D eigenvalue weighted by Gasteiger charge is 2.02. The van der Waals surface area contributed by atoms with Gasteiger partial charge in [0.2, 0.25) is 5.89 Å². The van der Waals surface area contributed by atoms with Crippen molar-refractivity contribution in [2.24, 2.45) is 0 Å². The third-order valence-corrected chi connectivity index (χ3v) is 2.42. The lowest BCUT2D eigenvalue weighted by atomic mass is 10.4. The molecule has 1 N–H and O–H groups in total. The van der Waals surface area contributed by atoms with E-state index < -0.39 is 0 Å². The number of aryl methyl sites for hydroxylation is 2. The molecule has 0 unspecified atom stereocenters. The van der Waals surface area contributed by atoms with Gasteiger partial charge in [0, 0.05) is 31.9 Å². The van der Waals surface area contributed by atoms with Crippen molar-refractivity contribution >= 4 is 0 Å². The standard InChI is InChI=1S/C11H16N4O/c1-3-15-6-4-5-10(15)7-12-8-11-13-9(2)16-14-11/h4-6,12H,3,7-8H2,1-2H3. The molecule has 2 rings (SSSR count). The molecule has 0 aromatic carbocycles. The molecule has 0 saturated carbocycles. The van der Waals surface area contributed by atoms with E-state index >= 15 is 0 Å². The molecule has 5 nitrogen and oxygen atoms in total. The van der Waals surface area contributed by atoms with Crippen molar-refractivity contribution in [2.75, 3.05) is 0 Å². The first-order chi connectivity index (χ1) is 7.79. The van der Waals surface area contributed by atoms with Crippen molar-refractivity contribution < 1.29 is 4.52 Å². The molecule has 0 amide bonds. The summed E-state index contributed by atoms with van der Waals surface area (Å²) >= 11 is 0. The quantitative estimate of drug-likeness (QED) is 0.829. The van der Waals surface area contributed by atoms with E-state index in [4.69, 9.17) is 4.52 Å². The lowest BCUT2D eigenvalue weighted by molar-refractivity contribution is 0.385. The lowest BCUT2D eigenvalue weighted by Gasteiger charge is -2.06. The maximum absolute atomic E-state index is 4.89. The van der Waals surface area contributed by atoms with E-state index in [0.29, 0.717) is 18.3 Å². The van der Waals surface area contributed by atoms with Gasteiger partial charge < -0.3 is 14.4 Å². The van der Waals surface area contributed by atoms with Crippen LogP contribution < -0.4 is 5.32 Å². The van der Waals surface area contributed by atoms with E-state index in [1.165, 1.54) is 5.69 Å². The fourth-order valence-corrected chi connectivity index (χ4v) is 1.63. The molecular formula is C11H16N4O. The van der Waals surface area contributed by atoms with Crippen LogP contribution >= 0.6 is 0 Å².